The molecular formula is C13H26N2O. The standard InChI is InChI=1S/C13H26N2O/c1-3-14-12(2)13(6-4-5-7-13)15-8-10-16-11-9-15/h12,14H,3-11H2,1-2H3. The second kappa shape index (κ2) is 5.48. The molecule has 2 rings (SSSR count). The minimum absolute atomic E-state index is 0.416. The van der Waals surface area contributed by atoms with Crippen LogP contribution in [0.4, 0.5) is 0 Å². The van der Waals surface area contributed by atoms with E-state index in [4.69, 9.17) is 4.74 Å². The third-order valence-corrected chi connectivity index (χ3v) is 4.43. The van der Waals surface area contributed by atoms with Crippen LogP contribution in [-0.2, 0) is 4.74 Å². The number of morpholine rings is 1. The molecule has 0 aromatic heterocycles. The third kappa shape index (κ3) is 2.27. The zero-order valence-electron chi connectivity index (χ0n) is 10.8. The first-order valence-corrected chi connectivity index (χ1v) is 6.86. The molecule has 1 unspecified atom stereocenters. The summed E-state index contributed by atoms with van der Waals surface area (Å²) in [4.78, 5) is 2.69. The van der Waals surface area contributed by atoms with E-state index in [-0.39, 0.29) is 0 Å². The van der Waals surface area contributed by atoms with Crippen molar-refractivity contribution >= 4 is 0 Å². The van der Waals surface area contributed by atoms with Crippen LogP contribution in [0.15, 0.2) is 0 Å². The molecule has 1 atom stereocenters. The number of rotatable bonds is 4. The minimum Gasteiger partial charge on any atom is -0.379 e. The third-order valence-electron chi connectivity index (χ3n) is 4.43. The monoisotopic (exact) mass is 226 g/mol. The Morgan fingerprint density at radius 2 is 1.88 bits per heavy atom. The number of nitrogens with one attached hydrogen (secondary N) is 1. The van der Waals surface area contributed by atoms with Gasteiger partial charge in [-0.25, -0.2) is 0 Å². The highest BCUT2D eigenvalue weighted by molar-refractivity contribution is 5.02. The SMILES string of the molecule is CCNC(C)C1(N2CCOCC2)CCCC1. The van der Waals surface area contributed by atoms with Crippen LogP contribution in [0.25, 0.3) is 0 Å². The largest absolute Gasteiger partial charge is 0.379 e. The molecule has 1 aliphatic heterocycles. The predicted molar refractivity (Wildman–Crippen MR) is 66.7 cm³/mol. The second-order valence-corrected chi connectivity index (χ2v) is 5.19. The summed E-state index contributed by atoms with van der Waals surface area (Å²) in [6.07, 6.45) is 5.52. The van der Waals surface area contributed by atoms with Crippen LogP contribution in [-0.4, -0.2) is 49.3 Å². The smallest absolute Gasteiger partial charge is 0.0594 e. The van der Waals surface area contributed by atoms with Gasteiger partial charge in [0.1, 0.15) is 0 Å². The summed E-state index contributed by atoms with van der Waals surface area (Å²) >= 11 is 0. The van der Waals surface area contributed by atoms with Gasteiger partial charge in [0.15, 0.2) is 0 Å². The Morgan fingerprint density at radius 3 is 2.44 bits per heavy atom. The van der Waals surface area contributed by atoms with E-state index in [1.807, 2.05) is 0 Å². The topological polar surface area (TPSA) is 24.5 Å². The fourth-order valence-corrected chi connectivity index (χ4v) is 3.52. The molecule has 1 heterocycles. The quantitative estimate of drug-likeness (QED) is 0.788. The van der Waals surface area contributed by atoms with E-state index in [9.17, 15) is 0 Å². The van der Waals surface area contributed by atoms with Gasteiger partial charge in [-0.1, -0.05) is 19.8 Å². The average molecular weight is 226 g/mol. The lowest BCUT2D eigenvalue weighted by Crippen LogP contribution is -2.61. The highest BCUT2D eigenvalue weighted by atomic mass is 16.5. The molecule has 2 aliphatic rings. The van der Waals surface area contributed by atoms with E-state index in [2.05, 4.69) is 24.1 Å². The highest BCUT2D eigenvalue weighted by Gasteiger charge is 2.43. The average Bonchev–Trinajstić information content (AvgIpc) is 2.81. The Kier molecular flexibility index (Phi) is 4.22. The van der Waals surface area contributed by atoms with Crippen LogP contribution in [0.1, 0.15) is 39.5 Å². The van der Waals surface area contributed by atoms with Gasteiger partial charge in [-0.3, -0.25) is 4.90 Å². The summed E-state index contributed by atoms with van der Waals surface area (Å²) in [5.74, 6) is 0. The van der Waals surface area contributed by atoms with Gasteiger partial charge < -0.3 is 10.1 Å². The zero-order chi connectivity index (χ0) is 11.4. The summed E-state index contributed by atoms with van der Waals surface area (Å²) in [7, 11) is 0. The van der Waals surface area contributed by atoms with Gasteiger partial charge >= 0.3 is 0 Å². The fraction of sp³-hybridized carbons (Fsp3) is 1.00. The first-order valence-electron chi connectivity index (χ1n) is 6.86. The molecule has 0 spiro atoms. The van der Waals surface area contributed by atoms with Crippen molar-refractivity contribution in [2.24, 2.45) is 0 Å². The summed E-state index contributed by atoms with van der Waals surface area (Å²) in [5, 5.41) is 3.64. The zero-order valence-corrected chi connectivity index (χ0v) is 10.8. The van der Waals surface area contributed by atoms with Crippen LogP contribution < -0.4 is 5.32 Å². The van der Waals surface area contributed by atoms with Crippen molar-refractivity contribution in [2.45, 2.75) is 51.1 Å². The van der Waals surface area contributed by atoms with Crippen molar-refractivity contribution < 1.29 is 4.74 Å². The van der Waals surface area contributed by atoms with E-state index in [0.717, 1.165) is 32.8 Å². The van der Waals surface area contributed by atoms with Crippen molar-refractivity contribution in [3.05, 3.63) is 0 Å². The molecule has 0 aromatic carbocycles. The Morgan fingerprint density at radius 1 is 1.25 bits per heavy atom. The van der Waals surface area contributed by atoms with Gasteiger partial charge in [0.05, 0.1) is 13.2 Å². The lowest BCUT2D eigenvalue weighted by atomic mass is 9.86. The van der Waals surface area contributed by atoms with Gasteiger partial charge in [-0.2, -0.15) is 0 Å². The van der Waals surface area contributed by atoms with Gasteiger partial charge in [0, 0.05) is 24.7 Å². The molecule has 0 amide bonds. The minimum atomic E-state index is 0.416. The molecule has 94 valence electrons. The van der Waals surface area contributed by atoms with Crippen molar-refractivity contribution in [3.8, 4) is 0 Å². The van der Waals surface area contributed by atoms with Gasteiger partial charge in [0.2, 0.25) is 0 Å². The molecule has 1 saturated carbocycles. The number of hydrogen-bond acceptors (Lipinski definition) is 3. The molecule has 0 radical (unpaired) electrons. The van der Waals surface area contributed by atoms with Gasteiger partial charge in [-0.15, -0.1) is 0 Å². The van der Waals surface area contributed by atoms with E-state index < -0.39 is 0 Å². The Labute approximate surface area is 99.5 Å². The van der Waals surface area contributed by atoms with Crippen molar-refractivity contribution in [1.29, 1.82) is 0 Å². The van der Waals surface area contributed by atoms with Crippen molar-refractivity contribution in [2.75, 3.05) is 32.8 Å². The summed E-state index contributed by atoms with van der Waals surface area (Å²) < 4.78 is 5.48. The van der Waals surface area contributed by atoms with Crippen LogP contribution >= 0.6 is 0 Å². The molecule has 0 aromatic rings. The van der Waals surface area contributed by atoms with E-state index in [1.54, 1.807) is 0 Å². The first-order chi connectivity index (χ1) is 7.79. The highest BCUT2D eigenvalue weighted by Crippen LogP contribution is 2.38. The molecule has 0 bridgehead atoms. The van der Waals surface area contributed by atoms with Crippen molar-refractivity contribution in [3.63, 3.8) is 0 Å². The molecule has 1 aliphatic carbocycles. The van der Waals surface area contributed by atoms with Crippen LogP contribution in [0.2, 0.25) is 0 Å². The maximum Gasteiger partial charge on any atom is 0.0594 e. The number of likely N-dealkylation sites (N-methyl/N-ethyl adjacent to an activating group) is 1. The van der Waals surface area contributed by atoms with Gasteiger partial charge in [-0.05, 0) is 26.3 Å². The van der Waals surface area contributed by atoms with Crippen LogP contribution in [0.3, 0.4) is 0 Å². The molecule has 16 heavy (non-hydrogen) atoms. The number of nitrogens with zero attached hydrogens (tertiary/aromatic N) is 1. The normalized spacial score (nSPS) is 28.1. The first kappa shape index (κ1) is 12.3. The van der Waals surface area contributed by atoms with Crippen LogP contribution in [0.5, 0.6) is 0 Å². The predicted octanol–water partition coefficient (Wildman–Crippen LogP) is 1.63. The van der Waals surface area contributed by atoms with Gasteiger partial charge in [0.25, 0.3) is 0 Å². The van der Waals surface area contributed by atoms with Crippen molar-refractivity contribution in [1.82, 2.24) is 10.2 Å². The molecule has 3 nitrogen and oxygen atoms in total. The van der Waals surface area contributed by atoms with E-state index in [0.29, 0.717) is 11.6 Å². The van der Waals surface area contributed by atoms with E-state index >= 15 is 0 Å². The maximum atomic E-state index is 5.48. The summed E-state index contributed by atoms with van der Waals surface area (Å²) in [5.41, 5.74) is 0.416. The van der Waals surface area contributed by atoms with Crippen LogP contribution in [0, 0.1) is 0 Å². The maximum absolute atomic E-state index is 5.48. The lowest BCUT2D eigenvalue weighted by molar-refractivity contribution is -0.0330. The molecular weight excluding hydrogens is 200 g/mol. The number of ether oxygens (including phenoxy) is 1. The number of hydrogen-bond donors (Lipinski definition) is 1. The molecule has 1 N–H and O–H groups in total. The summed E-state index contributed by atoms with van der Waals surface area (Å²) in [6, 6.07) is 0.609. The molecule has 1 saturated heterocycles. The Bertz CT molecular complexity index is 208. The fourth-order valence-electron chi connectivity index (χ4n) is 3.52. The molecule has 3 heteroatoms. The lowest BCUT2D eigenvalue weighted by Gasteiger charge is -2.47. The second-order valence-electron chi connectivity index (χ2n) is 5.19. The van der Waals surface area contributed by atoms with E-state index in [1.165, 1.54) is 25.7 Å². The summed E-state index contributed by atoms with van der Waals surface area (Å²) in [6.45, 7) is 9.72. The molecule has 2 fully saturated rings. The Hall–Kier alpha value is -0.120. The Balaban J connectivity index is 2.07.